The van der Waals surface area contributed by atoms with Crippen molar-refractivity contribution in [3.8, 4) is 6.07 Å². The van der Waals surface area contributed by atoms with Crippen LogP contribution in [0.4, 0.5) is 5.69 Å². The lowest BCUT2D eigenvalue weighted by molar-refractivity contribution is 0.744. The van der Waals surface area contributed by atoms with Crippen LogP contribution in [-0.2, 0) is 5.88 Å². The largest absolute Gasteiger partial charge is 0.370 e. The third-order valence-electron chi connectivity index (χ3n) is 2.66. The fraction of sp³-hybridized carbons (Fsp3) is 0.500. The van der Waals surface area contributed by atoms with Gasteiger partial charge in [-0.15, -0.1) is 11.6 Å². The first kappa shape index (κ1) is 13.9. The monoisotopic (exact) mass is 250 g/mol. The van der Waals surface area contributed by atoms with E-state index in [1.165, 1.54) is 0 Å². The Labute approximate surface area is 109 Å². The summed E-state index contributed by atoms with van der Waals surface area (Å²) in [4.78, 5) is 2.27. The zero-order valence-electron chi connectivity index (χ0n) is 10.5. The van der Waals surface area contributed by atoms with Crippen molar-refractivity contribution in [2.75, 3.05) is 18.0 Å². The molecule has 0 bridgehead atoms. The number of hydrogen-bond acceptors (Lipinski definition) is 2. The van der Waals surface area contributed by atoms with Gasteiger partial charge in [-0.2, -0.15) is 5.26 Å². The van der Waals surface area contributed by atoms with Crippen LogP contribution < -0.4 is 4.90 Å². The predicted molar refractivity (Wildman–Crippen MR) is 73.5 cm³/mol. The smallest absolute Gasteiger partial charge is 0.101 e. The SMILES string of the molecule is CCCN(CCC)c1ccc(CCl)cc1C#N. The Morgan fingerprint density at radius 3 is 2.35 bits per heavy atom. The molecular weight excluding hydrogens is 232 g/mol. The molecule has 0 heterocycles. The van der Waals surface area contributed by atoms with E-state index in [1.54, 1.807) is 0 Å². The highest BCUT2D eigenvalue weighted by atomic mass is 35.5. The number of alkyl halides is 1. The summed E-state index contributed by atoms with van der Waals surface area (Å²) in [6, 6.07) is 8.17. The molecule has 1 rings (SSSR count). The minimum absolute atomic E-state index is 0.455. The van der Waals surface area contributed by atoms with Gasteiger partial charge in [-0.05, 0) is 30.5 Å². The molecule has 0 saturated carbocycles. The maximum atomic E-state index is 9.20. The molecule has 3 heteroatoms. The molecule has 0 aliphatic heterocycles. The van der Waals surface area contributed by atoms with Gasteiger partial charge in [0, 0.05) is 19.0 Å². The van der Waals surface area contributed by atoms with Crippen molar-refractivity contribution >= 4 is 17.3 Å². The average Bonchev–Trinajstić information content (AvgIpc) is 2.37. The van der Waals surface area contributed by atoms with Crippen molar-refractivity contribution in [1.82, 2.24) is 0 Å². The standard InChI is InChI=1S/C14H19ClN2/c1-3-7-17(8-4-2)14-6-5-12(10-15)9-13(14)11-16/h5-6,9H,3-4,7-8,10H2,1-2H3. The van der Waals surface area contributed by atoms with Gasteiger partial charge >= 0.3 is 0 Å². The molecule has 1 aromatic rings. The van der Waals surface area contributed by atoms with E-state index in [0.717, 1.165) is 42.7 Å². The van der Waals surface area contributed by atoms with Crippen molar-refractivity contribution in [2.24, 2.45) is 0 Å². The van der Waals surface area contributed by atoms with E-state index in [9.17, 15) is 5.26 Å². The quantitative estimate of drug-likeness (QED) is 0.716. The molecule has 0 aliphatic rings. The topological polar surface area (TPSA) is 27.0 Å². The van der Waals surface area contributed by atoms with Gasteiger partial charge in [0.2, 0.25) is 0 Å². The fourth-order valence-corrected chi connectivity index (χ4v) is 2.09. The van der Waals surface area contributed by atoms with E-state index >= 15 is 0 Å². The maximum absolute atomic E-state index is 9.20. The van der Waals surface area contributed by atoms with Crippen LogP contribution in [0.15, 0.2) is 18.2 Å². The van der Waals surface area contributed by atoms with Crippen LogP contribution >= 0.6 is 11.6 Å². The van der Waals surface area contributed by atoms with Gasteiger partial charge in [-0.1, -0.05) is 19.9 Å². The molecule has 0 aromatic heterocycles. The summed E-state index contributed by atoms with van der Waals surface area (Å²) in [5.41, 5.74) is 2.76. The molecular formula is C14H19ClN2. The molecule has 0 radical (unpaired) electrons. The first-order chi connectivity index (χ1) is 8.26. The summed E-state index contributed by atoms with van der Waals surface area (Å²) in [5, 5.41) is 9.20. The molecule has 0 saturated heterocycles. The summed E-state index contributed by atoms with van der Waals surface area (Å²) in [6.07, 6.45) is 2.17. The van der Waals surface area contributed by atoms with Crippen molar-refractivity contribution in [2.45, 2.75) is 32.6 Å². The van der Waals surface area contributed by atoms with Gasteiger partial charge in [0.25, 0.3) is 0 Å². The lowest BCUT2D eigenvalue weighted by Gasteiger charge is -2.25. The Morgan fingerprint density at radius 2 is 1.88 bits per heavy atom. The Balaban J connectivity index is 3.05. The third kappa shape index (κ3) is 3.64. The van der Waals surface area contributed by atoms with Crippen LogP contribution in [0.1, 0.15) is 37.8 Å². The van der Waals surface area contributed by atoms with Gasteiger partial charge in [-0.3, -0.25) is 0 Å². The molecule has 0 fully saturated rings. The Morgan fingerprint density at radius 1 is 1.24 bits per heavy atom. The van der Waals surface area contributed by atoms with Gasteiger partial charge < -0.3 is 4.90 Å². The Kier molecular flexibility index (Phi) is 5.86. The molecule has 0 unspecified atom stereocenters. The third-order valence-corrected chi connectivity index (χ3v) is 2.97. The van der Waals surface area contributed by atoms with Crippen LogP contribution in [0.3, 0.4) is 0 Å². The van der Waals surface area contributed by atoms with Crippen LogP contribution in [0.25, 0.3) is 0 Å². The summed E-state index contributed by atoms with van der Waals surface area (Å²) < 4.78 is 0. The van der Waals surface area contributed by atoms with E-state index in [1.807, 2.05) is 18.2 Å². The number of anilines is 1. The number of nitrogens with zero attached hydrogens (tertiary/aromatic N) is 2. The molecule has 0 N–H and O–H groups in total. The van der Waals surface area contributed by atoms with Crippen molar-refractivity contribution in [3.05, 3.63) is 29.3 Å². The molecule has 0 aliphatic carbocycles. The Bertz CT molecular complexity index is 390. The van der Waals surface area contributed by atoms with Crippen LogP contribution in [0, 0.1) is 11.3 Å². The molecule has 92 valence electrons. The van der Waals surface area contributed by atoms with Gasteiger partial charge in [0.1, 0.15) is 6.07 Å². The van der Waals surface area contributed by atoms with Gasteiger partial charge in [0.05, 0.1) is 11.3 Å². The predicted octanol–water partition coefficient (Wildman–Crippen LogP) is 3.92. The molecule has 2 nitrogen and oxygen atoms in total. The fourth-order valence-electron chi connectivity index (χ4n) is 1.92. The zero-order valence-corrected chi connectivity index (χ0v) is 11.3. The lowest BCUT2D eigenvalue weighted by Crippen LogP contribution is -2.25. The van der Waals surface area contributed by atoms with E-state index in [4.69, 9.17) is 11.6 Å². The molecule has 1 aromatic carbocycles. The highest BCUT2D eigenvalue weighted by Crippen LogP contribution is 2.22. The van der Waals surface area contributed by atoms with Crippen LogP contribution in [0.5, 0.6) is 0 Å². The molecule has 17 heavy (non-hydrogen) atoms. The zero-order chi connectivity index (χ0) is 12.7. The first-order valence-corrected chi connectivity index (χ1v) is 6.64. The minimum Gasteiger partial charge on any atom is -0.370 e. The summed E-state index contributed by atoms with van der Waals surface area (Å²) in [7, 11) is 0. The number of halogens is 1. The number of hydrogen-bond donors (Lipinski definition) is 0. The summed E-state index contributed by atoms with van der Waals surface area (Å²) in [5.74, 6) is 0.455. The van der Waals surface area contributed by atoms with Crippen LogP contribution in [-0.4, -0.2) is 13.1 Å². The second-order valence-electron chi connectivity index (χ2n) is 4.08. The second kappa shape index (κ2) is 7.19. The van der Waals surface area contributed by atoms with E-state index in [0.29, 0.717) is 5.88 Å². The number of benzene rings is 1. The summed E-state index contributed by atoms with van der Waals surface area (Å²) >= 11 is 5.79. The lowest BCUT2D eigenvalue weighted by atomic mass is 10.1. The molecule has 0 amide bonds. The van der Waals surface area contributed by atoms with Gasteiger partial charge in [0.15, 0.2) is 0 Å². The maximum Gasteiger partial charge on any atom is 0.101 e. The van der Waals surface area contributed by atoms with E-state index < -0.39 is 0 Å². The van der Waals surface area contributed by atoms with E-state index in [-0.39, 0.29) is 0 Å². The van der Waals surface area contributed by atoms with Gasteiger partial charge in [-0.25, -0.2) is 0 Å². The number of nitriles is 1. The highest BCUT2D eigenvalue weighted by molar-refractivity contribution is 6.17. The molecule has 0 atom stereocenters. The van der Waals surface area contributed by atoms with E-state index in [2.05, 4.69) is 24.8 Å². The average molecular weight is 251 g/mol. The highest BCUT2D eigenvalue weighted by Gasteiger charge is 2.10. The normalized spacial score (nSPS) is 10.0. The van der Waals surface area contributed by atoms with Crippen LogP contribution in [0.2, 0.25) is 0 Å². The van der Waals surface area contributed by atoms with Crippen molar-refractivity contribution in [1.29, 1.82) is 5.26 Å². The second-order valence-corrected chi connectivity index (χ2v) is 4.35. The number of rotatable bonds is 6. The Hall–Kier alpha value is -1.20. The minimum atomic E-state index is 0.455. The van der Waals surface area contributed by atoms with Crippen molar-refractivity contribution in [3.63, 3.8) is 0 Å². The summed E-state index contributed by atoms with van der Waals surface area (Å²) in [6.45, 7) is 6.29. The van der Waals surface area contributed by atoms with Crippen molar-refractivity contribution < 1.29 is 0 Å². The molecule has 0 spiro atoms. The first-order valence-electron chi connectivity index (χ1n) is 6.10.